The minimum atomic E-state index is -0.849. The largest absolute Gasteiger partial charge is 0.505 e. The van der Waals surface area contributed by atoms with E-state index in [2.05, 4.69) is 0 Å². The molecule has 3 nitrogen and oxygen atoms in total. The summed E-state index contributed by atoms with van der Waals surface area (Å²) < 4.78 is 12.7. The standard InChI is InChI=1S/C7H7ClFNO2/c8-5-1-4(3-10-12)2-6(11)7(5)9/h1-2,10-12H,3H2. The second kappa shape index (κ2) is 3.71. The summed E-state index contributed by atoms with van der Waals surface area (Å²) in [5.41, 5.74) is 2.37. The van der Waals surface area contributed by atoms with Crippen LogP contribution < -0.4 is 5.48 Å². The van der Waals surface area contributed by atoms with Crippen molar-refractivity contribution in [3.05, 3.63) is 28.5 Å². The van der Waals surface area contributed by atoms with Crippen LogP contribution in [0.4, 0.5) is 4.39 Å². The number of hydrogen-bond acceptors (Lipinski definition) is 3. The maximum atomic E-state index is 12.7. The molecule has 0 amide bonds. The van der Waals surface area contributed by atoms with Crippen LogP contribution in [0.5, 0.6) is 5.75 Å². The molecule has 0 spiro atoms. The Labute approximate surface area is 73.4 Å². The summed E-state index contributed by atoms with van der Waals surface area (Å²) >= 11 is 5.41. The zero-order chi connectivity index (χ0) is 9.14. The molecule has 0 aliphatic heterocycles. The third kappa shape index (κ3) is 1.85. The molecular formula is C7H7ClFNO2. The molecule has 0 aliphatic rings. The van der Waals surface area contributed by atoms with Crippen molar-refractivity contribution in [1.29, 1.82) is 0 Å². The van der Waals surface area contributed by atoms with Gasteiger partial charge in [-0.25, -0.2) is 9.87 Å². The Hall–Kier alpha value is -0.840. The molecule has 1 aromatic carbocycles. The van der Waals surface area contributed by atoms with Crippen molar-refractivity contribution in [3.8, 4) is 5.75 Å². The molecule has 0 saturated carbocycles. The second-order valence-corrected chi connectivity index (χ2v) is 2.65. The summed E-state index contributed by atoms with van der Waals surface area (Å²) in [7, 11) is 0. The molecule has 5 heteroatoms. The summed E-state index contributed by atoms with van der Waals surface area (Å²) in [6.45, 7) is 0.105. The van der Waals surface area contributed by atoms with Gasteiger partial charge in [0.1, 0.15) is 0 Å². The highest BCUT2D eigenvalue weighted by molar-refractivity contribution is 6.30. The van der Waals surface area contributed by atoms with Crippen LogP contribution in [-0.4, -0.2) is 10.3 Å². The molecule has 12 heavy (non-hydrogen) atoms. The van der Waals surface area contributed by atoms with Crippen molar-refractivity contribution >= 4 is 11.6 Å². The molecule has 1 rings (SSSR count). The summed E-state index contributed by atoms with van der Waals surface area (Å²) in [5.74, 6) is -1.37. The summed E-state index contributed by atoms with van der Waals surface area (Å²) in [6, 6.07) is 2.50. The van der Waals surface area contributed by atoms with Gasteiger partial charge >= 0.3 is 0 Å². The van der Waals surface area contributed by atoms with E-state index in [9.17, 15) is 4.39 Å². The number of halogens is 2. The minimum Gasteiger partial charge on any atom is -0.505 e. The van der Waals surface area contributed by atoms with Gasteiger partial charge in [0.25, 0.3) is 0 Å². The van der Waals surface area contributed by atoms with Gasteiger partial charge < -0.3 is 10.3 Å². The first-order valence-electron chi connectivity index (χ1n) is 3.19. The number of benzene rings is 1. The molecule has 0 atom stereocenters. The number of hydrogen-bond donors (Lipinski definition) is 3. The van der Waals surface area contributed by atoms with Crippen LogP contribution in [0.1, 0.15) is 5.56 Å². The maximum Gasteiger partial charge on any atom is 0.183 e. The minimum absolute atomic E-state index is 0.105. The van der Waals surface area contributed by atoms with Crippen LogP contribution in [0, 0.1) is 5.82 Å². The van der Waals surface area contributed by atoms with E-state index in [4.69, 9.17) is 21.9 Å². The Bertz CT molecular complexity index is 270. The first-order chi connectivity index (χ1) is 5.65. The van der Waals surface area contributed by atoms with Crippen LogP contribution in [0.3, 0.4) is 0 Å². The predicted molar refractivity (Wildman–Crippen MR) is 41.7 cm³/mol. The monoisotopic (exact) mass is 191 g/mol. The van der Waals surface area contributed by atoms with Gasteiger partial charge in [0.05, 0.1) is 5.02 Å². The number of nitrogens with one attached hydrogen (secondary N) is 1. The zero-order valence-electron chi connectivity index (χ0n) is 6.01. The van der Waals surface area contributed by atoms with Crippen molar-refractivity contribution in [2.45, 2.75) is 6.54 Å². The van der Waals surface area contributed by atoms with E-state index in [0.29, 0.717) is 5.56 Å². The molecule has 0 fully saturated rings. The fourth-order valence-electron chi connectivity index (χ4n) is 0.822. The van der Waals surface area contributed by atoms with Crippen molar-refractivity contribution in [3.63, 3.8) is 0 Å². The average Bonchev–Trinajstić information content (AvgIpc) is 2.01. The fourth-order valence-corrected chi connectivity index (χ4v) is 1.06. The normalized spacial score (nSPS) is 10.2. The Balaban J connectivity index is 3.04. The van der Waals surface area contributed by atoms with E-state index in [1.54, 1.807) is 0 Å². The Morgan fingerprint density at radius 3 is 2.67 bits per heavy atom. The van der Waals surface area contributed by atoms with Crippen LogP contribution in [0.25, 0.3) is 0 Å². The smallest absolute Gasteiger partial charge is 0.183 e. The van der Waals surface area contributed by atoms with E-state index < -0.39 is 11.6 Å². The van der Waals surface area contributed by atoms with Crippen LogP contribution >= 0.6 is 11.6 Å². The van der Waals surface area contributed by atoms with E-state index in [1.807, 2.05) is 5.48 Å². The number of phenolic OH excluding ortho intramolecular Hbond substituents is 1. The van der Waals surface area contributed by atoms with Crippen molar-refractivity contribution in [2.24, 2.45) is 0 Å². The Morgan fingerprint density at radius 2 is 2.17 bits per heavy atom. The summed E-state index contributed by atoms with van der Waals surface area (Å²) in [4.78, 5) is 0. The van der Waals surface area contributed by atoms with Gasteiger partial charge in [-0.1, -0.05) is 11.6 Å². The van der Waals surface area contributed by atoms with E-state index in [1.165, 1.54) is 12.1 Å². The molecule has 0 unspecified atom stereocenters. The van der Waals surface area contributed by atoms with Crippen LogP contribution in [0.2, 0.25) is 5.02 Å². The van der Waals surface area contributed by atoms with Gasteiger partial charge in [0, 0.05) is 6.54 Å². The molecule has 0 radical (unpaired) electrons. The van der Waals surface area contributed by atoms with E-state index in [-0.39, 0.29) is 11.6 Å². The highest BCUT2D eigenvalue weighted by Gasteiger charge is 2.07. The Kier molecular flexibility index (Phi) is 2.86. The van der Waals surface area contributed by atoms with Gasteiger partial charge in [-0.3, -0.25) is 0 Å². The van der Waals surface area contributed by atoms with E-state index in [0.717, 1.165) is 0 Å². The van der Waals surface area contributed by atoms with Gasteiger partial charge in [-0.05, 0) is 17.7 Å². The van der Waals surface area contributed by atoms with Gasteiger partial charge in [0.2, 0.25) is 0 Å². The molecule has 0 heterocycles. The highest BCUT2D eigenvalue weighted by atomic mass is 35.5. The molecule has 66 valence electrons. The topological polar surface area (TPSA) is 52.5 Å². The van der Waals surface area contributed by atoms with E-state index >= 15 is 0 Å². The number of hydroxylamine groups is 1. The molecule has 0 saturated heterocycles. The number of phenols is 1. The third-order valence-electron chi connectivity index (χ3n) is 1.35. The highest BCUT2D eigenvalue weighted by Crippen LogP contribution is 2.25. The van der Waals surface area contributed by atoms with Crippen LogP contribution in [-0.2, 0) is 6.54 Å². The SMILES string of the molecule is ONCc1cc(O)c(F)c(Cl)c1. The lowest BCUT2D eigenvalue weighted by Crippen LogP contribution is -2.06. The lowest BCUT2D eigenvalue weighted by Gasteiger charge is -2.02. The number of rotatable bonds is 2. The Morgan fingerprint density at radius 1 is 1.50 bits per heavy atom. The van der Waals surface area contributed by atoms with Crippen molar-refractivity contribution < 1.29 is 14.7 Å². The van der Waals surface area contributed by atoms with Crippen molar-refractivity contribution in [1.82, 2.24) is 5.48 Å². The first kappa shape index (κ1) is 9.25. The second-order valence-electron chi connectivity index (χ2n) is 2.25. The predicted octanol–water partition coefficient (Wildman–Crippen LogP) is 1.66. The molecule has 3 N–H and O–H groups in total. The van der Waals surface area contributed by atoms with Crippen molar-refractivity contribution in [2.75, 3.05) is 0 Å². The molecule has 1 aromatic rings. The molecule has 0 aromatic heterocycles. The molecular weight excluding hydrogens is 185 g/mol. The zero-order valence-corrected chi connectivity index (χ0v) is 6.77. The maximum absolute atomic E-state index is 12.7. The quantitative estimate of drug-likeness (QED) is 0.624. The van der Waals surface area contributed by atoms with Gasteiger partial charge in [-0.15, -0.1) is 0 Å². The molecule has 0 aliphatic carbocycles. The lowest BCUT2D eigenvalue weighted by atomic mass is 10.2. The lowest BCUT2D eigenvalue weighted by molar-refractivity contribution is 0.161. The van der Waals surface area contributed by atoms with Gasteiger partial charge in [0.15, 0.2) is 11.6 Å². The number of aromatic hydroxyl groups is 1. The van der Waals surface area contributed by atoms with Gasteiger partial charge in [-0.2, -0.15) is 0 Å². The molecule has 0 bridgehead atoms. The third-order valence-corrected chi connectivity index (χ3v) is 1.63. The van der Waals surface area contributed by atoms with Crippen LogP contribution in [0.15, 0.2) is 12.1 Å². The average molecular weight is 192 g/mol. The first-order valence-corrected chi connectivity index (χ1v) is 3.56. The fraction of sp³-hybridized carbons (Fsp3) is 0.143. The summed E-state index contributed by atoms with van der Waals surface area (Å²) in [6.07, 6.45) is 0. The summed E-state index contributed by atoms with van der Waals surface area (Å²) in [5, 5.41) is 17.1.